The molecule has 1 saturated heterocycles. The van der Waals surface area contributed by atoms with E-state index >= 15 is 0 Å². The number of hydrogen-bond acceptors (Lipinski definition) is 2. The molecule has 0 spiro atoms. The average Bonchev–Trinajstić information content (AvgIpc) is 3.29. The number of benzene rings is 1. The Hall–Kier alpha value is -2.10. The summed E-state index contributed by atoms with van der Waals surface area (Å²) in [5, 5.41) is 0. The van der Waals surface area contributed by atoms with Crippen LogP contribution in [0.15, 0.2) is 30.6 Å². The molecule has 1 fully saturated rings. The van der Waals surface area contributed by atoms with E-state index < -0.39 is 0 Å². The number of imidazole rings is 1. The lowest BCUT2D eigenvalue weighted by Crippen LogP contribution is -2.41. The maximum absolute atomic E-state index is 13.0. The van der Waals surface area contributed by atoms with Gasteiger partial charge in [0, 0.05) is 37.5 Å². The number of rotatable bonds is 3. The van der Waals surface area contributed by atoms with Crippen LogP contribution in [-0.2, 0) is 19.3 Å². The molecule has 2 heterocycles. The quantitative estimate of drug-likeness (QED) is 0.868. The van der Waals surface area contributed by atoms with E-state index in [0.717, 1.165) is 56.6 Å². The van der Waals surface area contributed by atoms with Crippen LogP contribution in [0.3, 0.4) is 0 Å². The van der Waals surface area contributed by atoms with Gasteiger partial charge in [-0.3, -0.25) is 4.79 Å². The van der Waals surface area contributed by atoms with E-state index in [-0.39, 0.29) is 5.91 Å². The van der Waals surface area contributed by atoms with Crippen LogP contribution < -0.4 is 0 Å². The van der Waals surface area contributed by atoms with Crippen LogP contribution in [0.2, 0.25) is 0 Å². The maximum atomic E-state index is 13.0. The molecule has 0 bridgehead atoms. The Kier molecular flexibility index (Phi) is 4.13. The van der Waals surface area contributed by atoms with Crippen molar-refractivity contribution in [3.8, 4) is 0 Å². The first-order valence-electron chi connectivity index (χ1n) is 9.19. The van der Waals surface area contributed by atoms with Gasteiger partial charge in [0.1, 0.15) is 5.82 Å². The molecule has 126 valence electrons. The summed E-state index contributed by atoms with van der Waals surface area (Å²) in [6, 6.07) is 6.66. The molecular formula is C20H25N3O. The first-order valence-corrected chi connectivity index (χ1v) is 9.19. The highest BCUT2D eigenvalue weighted by molar-refractivity contribution is 5.94. The Morgan fingerprint density at radius 2 is 2.12 bits per heavy atom. The lowest BCUT2D eigenvalue weighted by atomic mass is 10.0. The third-order valence-electron chi connectivity index (χ3n) is 5.49. The fourth-order valence-electron chi connectivity index (χ4n) is 4.20. The molecule has 24 heavy (non-hydrogen) atoms. The number of nitrogens with zero attached hydrogens (tertiary/aromatic N) is 3. The fraction of sp³-hybridized carbons (Fsp3) is 0.500. The van der Waals surface area contributed by atoms with E-state index in [1.165, 1.54) is 17.5 Å². The zero-order chi connectivity index (χ0) is 16.5. The number of aromatic nitrogens is 2. The van der Waals surface area contributed by atoms with Gasteiger partial charge in [0.2, 0.25) is 0 Å². The highest BCUT2D eigenvalue weighted by Gasteiger charge is 2.27. The highest BCUT2D eigenvalue weighted by atomic mass is 16.2. The first kappa shape index (κ1) is 15.4. The summed E-state index contributed by atoms with van der Waals surface area (Å²) >= 11 is 0. The van der Waals surface area contributed by atoms with Crippen molar-refractivity contribution >= 4 is 5.91 Å². The Balaban J connectivity index is 1.52. The molecule has 1 amide bonds. The van der Waals surface area contributed by atoms with E-state index in [2.05, 4.69) is 34.8 Å². The van der Waals surface area contributed by atoms with Gasteiger partial charge in [-0.15, -0.1) is 0 Å². The van der Waals surface area contributed by atoms with E-state index in [1.54, 1.807) is 0 Å². The number of fused-ring (bicyclic) bond motifs is 1. The molecule has 1 aromatic carbocycles. The first-order chi connectivity index (χ1) is 11.8. The molecule has 2 aromatic rings. The number of carbonyl (C=O) groups excluding carboxylic acids is 1. The second-order valence-corrected chi connectivity index (χ2v) is 6.99. The van der Waals surface area contributed by atoms with Gasteiger partial charge < -0.3 is 9.47 Å². The van der Waals surface area contributed by atoms with E-state index in [9.17, 15) is 4.79 Å². The third-order valence-corrected chi connectivity index (χ3v) is 5.49. The summed E-state index contributed by atoms with van der Waals surface area (Å²) in [4.78, 5) is 19.4. The molecule has 0 radical (unpaired) electrons. The molecule has 1 atom stereocenters. The van der Waals surface area contributed by atoms with Crippen molar-refractivity contribution in [1.29, 1.82) is 0 Å². The van der Waals surface area contributed by atoms with Gasteiger partial charge in [-0.2, -0.15) is 0 Å². The predicted molar refractivity (Wildman–Crippen MR) is 94.2 cm³/mol. The number of piperidine rings is 1. The van der Waals surface area contributed by atoms with E-state index in [1.807, 2.05) is 17.2 Å². The molecule has 2 aliphatic rings. The average molecular weight is 323 g/mol. The van der Waals surface area contributed by atoms with Crippen molar-refractivity contribution in [2.75, 3.05) is 13.1 Å². The van der Waals surface area contributed by atoms with Crippen LogP contribution in [0.5, 0.6) is 0 Å². The lowest BCUT2D eigenvalue weighted by Gasteiger charge is -2.34. The fourth-order valence-corrected chi connectivity index (χ4v) is 4.20. The van der Waals surface area contributed by atoms with Crippen molar-refractivity contribution in [2.45, 2.75) is 51.5 Å². The number of likely N-dealkylation sites (tertiary alicyclic amines) is 1. The van der Waals surface area contributed by atoms with Gasteiger partial charge in [-0.1, -0.05) is 13.0 Å². The summed E-state index contributed by atoms with van der Waals surface area (Å²) < 4.78 is 2.27. The summed E-state index contributed by atoms with van der Waals surface area (Å²) in [5.74, 6) is 1.30. The SMILES string of the molecule is CCc1nccn1[C@H]1CCCN(C(=O)c2ccc3c(c2)CCC3)C1. The summed E-state index contributed by atoms with van der Waals surface area (Å²) in [5.41, 5.74) is 3.66. The van der Waals surface area contributed by atoms with Crippen LogP contribution in [0, 0.1) is 0 Å². The van der Waals surface area contributed by atoms with Crippen LogP contribution >= 0.6 is 0 Å². The number of carbonyl (C=O) groups is 1. The van der Waals surface area contributed by atoms with Crippen LogP contribution in [0.4, 0.5) is 0 Å². The topological polar surface area (TPSA) is 38.1 Å². The summed E-state index contributed by atoms with van der Waals surface area (Å²) in [7, 11) is 0. The monoisotopic (exact) mass is 323 g/mol. The Labute approximate surface area is 143 Å². The summed E-state index contributed by atoms with van der Waals surface area (Å²) in [6.07, 6.45) is 10.6. The van der Waals surface area contributed by atoms with Crippen molar-refractivity contribution in [2.24, 2.45) is 0 Å². The number of aryl methyl sites for hydroxylation is 3. The van der Waals surface area contributed by atoms with Crippen LogP contribution in [0.25, 0.3) is 0 Å². The zero-order valence-corrected chi connectivity index (χ0v) is 14.4. The minimum Gasteiger partial charge on any atom is -0.337 e. The van der Waals surface area contributed by atoms with Gasteiger partial charge in [0.25, 0.3) is 5.91 Å². The van der Waals surface area contributed by atoms with Gasteiger partial charge in [0.15, 0.2) is 0 Å². The van der Waals surface area contributed by atoms with Crippen molar-refractivity contribution in [3.05, 3.63) is 53.1 Å². The number of amides is 1. The van der Waals surface area contributed by atoms with Crippen LogP contribution in [0.1, 0.15) is 59.5 Å². The minimum absolute atomic E-state index is 0.188. The highest BCUT2D eigenvalue weighted by Crippen LogP contribution is 2.26. The smallest absolute Gasteiger partial charge is 0.253 e. The summed E-state index contributed by atoms with van der Waals surface area (Å²) in [6.45, 7) is 3.79. The second-order valence-electron chi connectivity index (χ2n) is 6.99. The third kappa shape index (κ3) is 2.74. The van der Waals surface area contributed by atoms with Gasteiger partial charge in [-0.25, -0.2) is 4.98 Å². The maximum Gasteiger partial charge on any atom is 0.253 e. The molecule has 4 nitrogen and oxygen atoms in total. The van der Waals surface area contributed by atoms with Crippen LogP contribution in [-0.4, -0.2) is 33.4 Å². The van der Waals surface area contributed by atoms with Gasteiger partial charge >= 0.3 is 0 Å². The number of hydrogen-bond donors (Lipinski definition) is 0. The molecule has 0 N–H and O–H groups in total. The van der Waals surface area contributed by atoms with Crippen molar-refractivity contribution in [3.63, 3.8) is 0 Å². The van der Waals surface area contributed by atoms with Gasteiger partial charge in [0.05, 0.1) is 6.04 Å². The van der Waals surface area contributed by atoms with E-state index in [4.69, 9.17) is 0 Å². The standard InChI is InChI=1S/C20H25N3O/c1-2-19-21-10-12-23(19)18-7-4-11-22(14-18)20(24)17-9-8-15-5-3-6-16(15)13-17/h8-10,12-13,18H,2-7,11,14H2,1H3/t18-/m0/s1. The molecule has 4 rings (SSSR count). The molecule has 0 saturated carbocycles. The zero-order valence-electron chi connectivity index (χ0n) is 14.4. The lowest BCUT2D eigenvalue weighted by molar-refractivity contribution is 0.0678. The predicted octanol–water partition coefficient (Wildman–Crippen LogP) is 3.41. The van der Waals surface area contributed by atoms with Crippen molar-refractivity contribution in [1.82, 2.24) is 14.5 Å². The molecule has 0 unspecified atom stereocenters. The molecule has 1 aromatic heterocycles. The van der Waals surface area contributed by atoms with Gasteiger partial charge in [-0.05, 0) is 55.4 Å². The normalized spacial score (nSPS) is 20.2. The largest absolute Gasteiger partial charge is 0.337 e. The molecule has 1 aliphatic heterocycles. The molecule has 1 aliphatic carbocycles. The molecule has 4 heteroatoms. The Bertz CT molecular complexity index is 749. The molecular weight excluding hydrogens is 298 g/mol. The minimum atomic E-state index is 0.188. The van der Waals surface area contributed by atoms with Crippen molar-refractivity contribution < 1.29 is 4.79 Å². The Morgan fingerprint density at radius 3 is 3.00 bits per heavy atom. The van der Waals surface area contributed by atoms with E-state index in [0.29, 0.717) is 6.04 Å². The Morgan fingerprint density at radius 1 is 1.25 bits per heavy atom. The second kappa shape index (κ2) is 6.42.